The van der Waals surface area contributed by atoms with Crippen LogP contribution >= 0.6 is 22.6 Å². The highest BCUT2D eigenvalue weighted by Gasteiger charge is 2.26. The molecule has 1 aliphatic heterocycles. The maximum absolute atomic E-state index is 12.5. The molecule has 2 rings (SSSR count). The maximum atomic E-state index is 12.5. The largest absolute Gasteiger partial charge is 0.480 e. The standard InChI is InChI=1S/C13H17IN2O2/c1-9-4-3-7-16(8-9)13(17)11-10(14)5-6-15-12(11)18-2/h5-6,9H,3-4,7-8H2,1-2H3. The molecule has 0 bridgehead atoms. The minimum atomic E-state index is 0.0379. The zero-order valence-electron chi connectivity index (χ0n) is 10.6. The molecule has 1 aromatic heterocycles. The molecule has 0 saturated carbocycles. The number of rotatable bonds is 2. The first-order chi connectivity index (χ1) is 8.63. The van der Waals surface area contributed by atoms with Crippen LogP contribution in [0.5, 0.6) is 5.88 Å². The van der Waals surface area contributed by atoms with Gasteiger partial charge in [0.05, 0.1) is 7.11 Å². The Hall–Kier alpha value is -0.850. The summed E-state index contributed by atoms with van der Waals surface area (Å²) in [7, 11) is 1.55. The minimum absolute atomic E-state index is 0.0379. The highest BCUT2D eigenvalue weighted by Crippen LogP contribution is 2.25. The Morgan fingerprint density at radius 1 is 1.61 bits per heavy atom. The van der Waals surface area contributed by atoms with Crippen LogP contribution in [0, 0.1) is 9.49 Å². The summed E-state index contributed by atoms with van der Waals surface area (Å²) in [6.07, 6.45) is 3.94. The molecular weight excluding hydrogens is 343 g/mol. The van der Waals surface area contributed by atoms with Crippen molar-refractivity contribution in [1.82, 2.24) is 9.88 Å². The van der Waals surface area contributed by atoms with E-state index in [-0.39, 0.29) is 5.91 Å². The SMILES string of the molecule is COc1nccc(I)c1C(=O)N1CCCC(C)C1. The molecule has 1 aliphatic rings. The van der Waals surface area contributed by atoms with E-state index in [1.165, 1.54) is 6.42 Å². The number of hydrogen-bond donors (Lipinski definition) is 0. The summed E-state index contributed by atoms with van der Waals surface area (Å²) in [5, 5.41) is 0. The lowest BCUT2D eigenvalue weighted by Gasteiger charge is -2.31. The second-order valence-corrected chi connectivity index (χ2v) is 5.84. The first kappa shape index (κ1) is 13.6. The predicted octanol–water partition coefficient (Wildman–Crippen LogP) is 2.57. The van der Waals surface area contributed by atoms with Crippen LogP contribution in [0.4, 0.5) is 0 Å². The molecule has 2 heterocycles. The molecule has 5 heteroatoms. The van der Waals surface area contributed by atoms with Crippen LogP contribution in [-0.4, -0.2) is 36.0 Å². The molecule has 1 unspecified atom stereocenters. The minimum Gasteiger partial charge on any atom is -0.480 e. The van der Waals surface area contributed by atoms with E-state index in [2.05, 4.69) is 34.5 Å². The van der Waals surface area contributed by atoms with Crippen molar-refractivity contribution in [2.75, 3.05) is 20.2 Å². The molecular formula is C13H17IN2O2. The Labute approximate surface area is 121 Å². The number of amides is 1. The van der Waals surface area contributed by atoms with Crippen LogP contribution in [0.1, 0.15) is 30.1 Å². The third-order valence-corrected chi connectivity index (χ3v) is 4.12. The fourth-order valence-corrected chi connectivity index (χ4v) is 2.92. The summed E-state index contributed by atoms with van der Waals surface area (Å²) in [4.78, 5) is 18.6. The average Bonchev–Trinajstić information content (AvgIpc) is 2.37. The normalized spacial score (nSPS) is 19.7. The van der Waals surface area contributed by atoms with E-state index in [0.29, 0.717) is 17.4 Å². The van der Waals surface area contributed by atoms with Gasteiger partial charge in [0.25, 0.3) is 5.91 Å². The number of halogens is 1. The van der Waals surface area contributed by atoms with Gasteiger partial charge in [0.15, 0.2) is 0 Å². The highest BCUT2D eigenvalue weighted by molar-refractivity contribution is 14.1. The molecule has 1 saturated heterocycles. The van der Waals surface area contributed by atoms with E-state index in [9.17, 15) is 4.79 Å². The summed E-state index contributed by atoms with van der Waals surface area (Å²) in [5.74, 6) is 1.03. The van der Waals surface area contributed by atoms with E-state index in [4.69, 9.17) is 4.74 Å². The van der Waals surface area contributed by atoms with Crippen LogP contribution < -0.4 is 4.74 Å². The molecule has 0 aromatic carbocycles. The van der Waals surface area contributed by atoms with Gasteiger partial charge in [-0.3, -0.25) is 4.79 Å². The molecule has 0 radical (unpaired) electrons. The molecule has 0 spiro atoms. The van der Waals surface area contributed by atoms with Crippen molar-refractivity contribution < 1.29 is 9.53 Å². The van der Waals surface area contributed by atoms with Crippen molar-refractivity contribution in [3.8, 4) is 5.88 Å². The number of methoxy groups -OCH3 is 1. The Morgan fingerprint density at radius 3 is 3.06 bits per heavy atom. The van der Waals surface area contributed by atoms with Gasteiger partial charge in [-0.25, -0.2) is 4.98 Å². The number of carbonyl (C=O) groups excluding carboxylic acids is 1. The van der Waals surface area contributed by atoms with Gasteiger partial charge in [-0.05, 0) is 47.4 Å². The lowest BCUT2D eigenvalue weighted by atomic mass is 10.00. The van der Waals surface area contributed by atoms with Gasteiger partial charge in [0.1, 0.15) is 5.56 Å². The van der Waals surface area contributed by atoms with Crippen LogP contribution in [0.15, 0.2) is 12.3 Å². The monoisotopic (exact) mass is 360 g/mol. The number of likely N-dealkylation sites (tertiary alicyclic amines) is 1. The zero-order chi connectivity index (χ0) is 13.1. The Bertz CT molecular complexity index is 451. The lowest BCUT2D eigenvalue weighted by Crippen LogP contribution is -2.39. The van der Waals surface area contributed by atoms with Gasteiger partial charge in [-0.2, -0.15) is 0 Å². The summed E-state index contributed by atoms with van der Waals surface area (Å²) in [6.45, 7) is 3.84. The Kier molecular flexibility index (Phi) is 4.42. The van der Waals surface area contributed by atoms with Gasteiger partial charge < -0.3 is 9.64 Å². The van der Waals surface area contributed by atoms with E-state index in [0.717, 1.165) is 23.1 Å². The van der Waals surface area contributed by atoms with Gasteiger partial charge in [-0.15, -0.1) is 0 Å². The number of pyridine rings is 1. The fourth-order valence-electron chi connectivity index (χ4n) is 2.30. The maximum Gasteiger partial charge on any atom is 0.260 e. The molecule has 98 valence electrons. The Balaban J connectivity index is 2.28. The Morgan fingerprint density at radius 2 is 2.39 bits per heavy atom. The molecule has 18 heavy (non-hydrogen) atoms. The lowest BCUT2D eigenvalue weighted by molar-refractivity contribution is 0.0677. The number of aromatic nitrogens is 1. The second kappa shape index (κ2) is 5.86. The fraction of sp³-hybridized carbons (Fsp3) is 0.538. The van der Waals surface area contributed by atoms with Crippen molar-refractivity contribution in [2.24, 2.45) is 5.92 Å². The molecule has 1 atom stereocenters. The third-order valence-electron chi connectivity index (χ3n) is 3.22. The van der Waals surface area contributed by atoms with E-state index in [1.54, 1.807) is 13.3 Å². The molecule has 1 fully saturated rings. The second-order valence-electron chi connectivity index (χ2n) is 4.68. The predicted molar refractivity (Wildman–Crippen MR) is 77.8 cm³/mol. The summed E-state index contributed by atoms with van der Waals surface area (Å²) in [5.41, 5.74) is 0.592. The topological polar surface area (TPSA) is 42.4 Å². The molecule has 0 N–H and O–H groups in total. The third kappa shape index (κ3) is 2.76. The summed E-state index contributed by atoms with van der Waals surface area (Å²) in [6, 6.07) is 1.84. The molecule has 4 nitrogen and oxygen atoms in total. The van der Waals surface area contributed by atoms with Crippen molar-refractivity contribution in [3.63, 3.8) is 0 Å². The zero-order valence-corrected chi connectivity index (χ0v) is 12.8. The number of hydrogen-bond acceptors (Lipinski definition) is 3. The number of ether oxygens (including phenoxy) is 1. The smallest absolute Gasteiger partial charge is 0.260 e. The first-order valence-electron chi connectivity index (χ1n) is 6.11. The van der Waals surface area contributed by atoms with Crippen LogP contribution in [-0.2, 0) is 0 Å². The van der Waals surface area contributed by atoms with Crippen LogP contribution in [0.25, 0.3) is 0 Å². The van der Waals surface area contributed by atoms with E-state index in [1.807, 2.05) is 11.0 Å². The van der Waals surface area contributed by atoms with Crippen molar-refractivity contribution >= 4 is 28.5 Å². The quantitative estimate of drug-likeness (QED) is 0.762. The van der Waals surface area contributed by atoms with Gasteiger partial charge in [0, 0.05) is 22.9 Å². The molecule has 1 aromatic rings. The van der Waals surface area contributed by atoms with Crippen molar-refractivity contribution in [1.29, 1.82) is 0 Å². The van der Waals surface area contributed by atoms with Crippen molar-refractivity contribution in [2.45, 2.75) is 19.8 Å². The van der Waals surface area contributed by atoms with Crippen LogP contribution in [0.2, 0.25) is 0 Å². The number of carbonyl (C=O) groups is 1. The number of piperidine rings is 1. The van der Waals surface area contributed by atoms with Gasteiger partial charge in [0.2, 0.25) is 5.88 Å². The first-order valence-corrected chi connectivity index (χ1v) is 7.19. The molecule has 0 aliphatic carbocycles. The van der Waals surface area contributed by atoms with E-state index >= 15 is 0 Å². The van der Waals surface area contributed by atoms with Crippen LogP contribution in [0.3, 0.4) is 0 Å². The van der Waals surface area contributed by atoms with Gasteiger partial charge in [-0.1, -0.05) is 6.92 Å². The van der Waals surface area contributed by atoms with Gasteiger partial charge >= 0.3 is 0 Å². The van der Waals surface area contributed by atoms with Crippen molar-refractivity contribution in [3.05, 3.63) is 21.4 Å². The number of nitrogens with zero attached hydrogens (tertiary/aromatic N) is 2. The average molecular weight is 360 g/mol. The molecule has 1 amide bonds. The summed E-state index contributed by atoms with van der Waals surface area (Å²) < 4.78 is 6.09. The van der Waals surface area contributed by atoms with E-state index < -0.39 is 0 Å². The summed E-state index contributed by atoms with van der Waals surface area (Å²) >= 11 is 2.16. The highest BCUT2D eigenvalue weighted by atomic mass is 127.